The summed E-state index contributed by atoms with van der Waals surface area (Å²) in [5, 5.41) is 10.6. The fourth-order valence-corrected chi connectivity index (χ4v) is 2.41. The third kappa shape index (κ3) is 2.85. The highest BCUT2D eigenvalue weighted by atomic mass is 16.1. The van der Waals surface area contributed by atoms with Gasteiger partial charge in [-0.1, -0.05) is 12.1 Å². The van der Waals surface area contributed by atoms with Crippen molar-refractivity contribution in [2.24, 2.45) is 7.05 Å². The van der Waals surface area contributed by atoms with E-state index in [2.05, 4.69) is 25.1 Å². The highest BCUT2D eigenvalue weighted by molar-refractivity contribution is 5.91. The first-order valence-electron chi connectivity index (χ1n) is 7.27. The van der Waals surface area contributed by atoms with Crippen LogP contribution in [0.4, 0.5) is 5.82 Å². The van der Waals surface area contributed by atoms with Crippen LogP contribution in [0.15, 0.2) is 36.4 Å². The maximum absolute atomic E-state index is 11.5. The molecule has 0 fully saturated rings. The summed E-state index contributed by atoms with van der Waals surface area (Å²) in [6.45, 7) is 0.596. The van der Waals surface area contributed by atoms with Crippen molar-refractivity contribution in [3.05, 3.63) is 47.9 Å². The molecule has 7 heteroatoms. The van der Waals surface area contributed by atoms with Gasteiger partial charge in [0.1, 0.15) is 5.82 Å². The van der Waals surface area contributed by atoms with E-state index in [0.717, 1.165) is 16.9 Å². The van der Waals surface area contributed by atoms with Gasteiger partial charge in [-0.2, -0.15) is 0 Å². The van der Waals surface area contributed by atoms with Gasteiger partial charge in [0.25, 0.3) is 5.91 Å². The summed E-state index contributed by atoms with van der Waals surface area (Å²) in [6.07, 6.45) is 0. The van der Waals surface area contributed by atoms with Crippen molar-refractivity contribution in [3.8, 4) is 0 Å². The minimum Gasteiger partial charge on any atom is -0.354 e. The average molecular weight is 310 g/mol. The number of aryl methyl sites for hydroxylation is 1. The predicted molar refractivity (Wildman–Crippen MR) is 88.2 cm³/mol. The minimum absolute atomic E-state index is 0.248. The molecule has 1 aromatic carbocycles. The van der Waals surface area contributed by atoms with Crippen LogP contribution in [-0.4, -0.2) is 39.8 Å². The van der Waals surface area contributed by atoms with Gasteiger partial charge < -0.3 is 14.8 Å². The number of fused-ring (bicyclic) bond motifs is 1. The lowest BCUT2D eigenvalue weighted by molar-refractivity contribution is 0.0957. The number of hydrogen-bond acceptors (Lipinski definition) is 5. The monoisotopic (exact) mass is 310 g/mol. The second-order valence-electron chi connectivity index (χ2n) is 5.29. The normalized spacial score (nSPS) is 10.7. The van der Waals surface area contributed by atoms with Crippen LogP contribution in [0.5, 0.6) is 0 Å². The maximum atomic E-state index is 11.5. The number of anilines is 1. The largest absolute Gasteiger partial charge is 0.354 e. The Bertz CT molecular complexity index is 839. The topological polar surface area (TPSA) is 75.9 Å². The number of benzene rings is 1. The molecule has 7 nitrogen and oxygen atoms in total. The molecule has 0 bridgehead atoms. The molecule has 1 N–H and O–H groups in total. The van der Waals surface area contributed by atoms with Crippen molar-refractivity contribution >= 4 is 22.8 Å². The molecule has 0 aliphatic heterocycles. The number of para-hydroxylation sites is 2. The molecule has 1 amide bonds. The summed E-state index contributed by atoms with van der Waals surface area (Å²) in [4.78, 5) is 18.1. The summed E-state index contributed by atoms with van der Waals surface area (Å²) in [7, 11) is 5.48. The molecule has 0 saturated heterocycles. The summed E-state index contributed by atoms with van der Waals surface area (Å²) in [6, 6.07) is 11.5. The maximum Gasteiger partial charge on any atom is 0.271 e. The molecule has 0 unspecified atom stereocenters. The van der Waals surface area contributed by atoms with Gasteiger partial charge in [0.05, 0.1) is 17.6 Å². The van der Waals surface area contributed by atoms with E-state index in [-0.39, 0.29) is 5.91 Å². The van der Waals surface area contributed by atoms with E-state index >= 15 is 0 Å². The van der Waals surface area contributed by atoms with E-state index in [1.54, 1.807) is 19.2 Å². The Morgan fingerprint density at radius 2 is 2.00 bits per heavy atom. The molecule has 0 atom stereocenters. The van der Waals surface area contributed by atoms with Crippen molar-refractivity contribution < 1.29 is 4.79 Å². The highest BCUT2D eigenvalue weighted by Crippen LogP contribution is 2.17. The van der Waals surface area contributed by atoms with Gasteiger partial charge in [-0.3, -0.25) is 4.79 Å². The lowest BCUT2D eigenvalue weighted by atomic mass is 10.3. The molecular formula is C16H18N6O. The molecule has 0 aliphatic rings. The first-order chi connectivity index (χ1) is 11.1. The molecule has 118 valence electrons. The molecule has 0 radical (unpaired) electrons. The fraction of sp³-hybridized carbons (Fsp3) is 0.250. The van der Waals surface area contributed by atoms with Crippen LogP contribution in [0.1, 0.15) is 16.3 Å². The molecular weight excluding hydrogens is 292 g/mol. The van der Waals surface area contributed by atoms with Gasteiger partial charge in [-0.25, -0.2) is 4.98 Å². The Morgan fingerprint density at radius 3 is 2.65 bits per heavy atom. The van der Waals surface area contributed by atoms with E-state index in [1.807, 2.05) is 43.3 Å². The van der Waals surface area contributed by atoms with E-state index in [4.69, 9.17) is 0 Å². The van der Waals surface area contributed by atoms with E-state index in [0.29, 0.717) is 18.1 Å². The van der Waals surface area contributed by atoms with Crippen LogP contribution in [0.2, 0.25) is 0 Å². The quantitative estimate of drug-likeness (QED) is 0.787. The smallest absolute Gasteiger partial charge is 0.271 e. The number of nitrogens with zero attached hydrogens (tertiary/aromatic N) is 5. The second-order valence-corrected chi connectivity index (χ2v) is 5.29. The van der Waals surface area contributed by atoms with Crippen molar-refractivity contribution in [1.82, 2.24) is 25.1 Å². The average Bonchev–Trinajstić information content (AvgIpc) is 2.90. The summed E-state index contributed by atoms with van der Waals surface area (Å²) >= 11 is 0. The third-order valence-electron chi connectivity index (χ3n) is 3.76. The number of imidazole rings is 1. The minimum atomic E-state index is -0.248. The van der Waals surface area contributed by atoms with Crippen molar-refractivity contribution in [3.63, 3.8) is 0 Å². The van der Waals surface area contributed by atoms with Crippen molar-refractivity contribution in [2.45, 2.75) is 6.54 Å². The molecule has 2 heterocycles. The number of rotatable bonds is 4. The Labute approximate surface area is 134 Å². The summed E-state index contributed by atoms with van der Waals surface area (Å²) < 4.78 is 2.07. The zero-order chi connectivity index (χ0) is 16.4. The molecule has 0 aliphatic carbocycles. The molecule has 3 aromatic rings. The van der Waals surface area contributed by atoms with Crippen LogP contribution in [0, 0.1) is 0 Å². The predicted octanol–water partition coefficient (Wildman–Crippen LogP) is 1.36. The van der Waals surface area contributed by atoms with Gasteiger partial charge in [-0.15, -0.1) is 10.2 Å². The van der Waals surface area contributed by atoms with Crippen LogP contribution < -0.4 is 10.2 Å². The third-order valence-corrected chi connectivity index (χ3v) is 3.76. The van der Waals surface area contributed by atoms with Crippen LogP contribution in [-0.2, 0) is 13.6 Å². The van der Waals surface area contributed by atoms with Gasteiger partial charge in [0, 0.05) is 21.1 Å². The Morgan fingerprint density at radius 1 is 1.22 bits per heavy atom. The zero-order valence-corrected chi connectivity index (χ0v) is 13.3. The zero-order valence-electron chi connectivity index (χ0n) is 13.3. The van der Waals surface area contributed by atoms with Gasteiger partial charge >= 0.3 is 0 Å². The van der Waals surface area contributed by atoms with Gasteiger partial charge in [0.2, 0.25) is 0 Å². The Hall–Kier alpha value is -2.96. The molecule has 23 heavy (non-hydrogen) atoms. The summed E-state index contributed by atoms with van der Waals surface area (Å²) in [5.41, 5.74) is 2.36. The SMILES string of the molecule is CNC(=O)c1ccc(N(C)Cc2nc3ccccc3n2C)nn1. The fourth-order valence-electron chi connectivity index (χ4n) is 2.41. The summed E-state index contributed by atoms with van der Waals surface area (Å²) in [5.74, 6) is 1.37. The van der Waals surface area contributed by atoms with Crippen LogP contribution >= 0.6 is 0 Å². The molecule has 2 aromatic heterocycles. The van der Waals surface area contributed by atoms with Gasteiger partial charge in [0.15, 0.2) is 11.5 Å². The number of nitrogens with one attached hydrogen (secondary N) is 1. The highest BCUT2D eigenvalue weighted by Gasteiger charge is 2.12. The van der Waals surface area contributed by atoms with E-state index in [9.17, 15) is 4.79 Å². The lowest BCUT2D eigenvalue weighted by Gasteiger charge is -2.17. The van der Waals surface area contributed by atoms with Crippen molar-refractivity contribution in [1.29, 1.82) is 0 Å². The molecule has 3 rings (SSSR count). The number of carbonyl (C=O) groups is 1. The van der Waals surface area contributed by atoms with Crippen LogP contribution in [0.3, 0.4) is 0 Å². The Balaban J connectivity index is 1.81. The molecule has 0 saturated carbocycles. The first-order valence-corrected chi connectivity index (χ1v) is 7.27. The van der Waals surface area contributed by atoms with Crippen molar-refractivity contribution in [2.75, 3.05) is 19.0 Å². The second kappa shape index (κ2) is 6.04. The van der Waals surface area contributed by atoms with E-state index < -0.39 is 0 Å². The van der Waals surface area contributed by atoms with Crippen LogP contribution in [0.25, 0.3) is 11.0 Å². The Kier molecular flexibility index (Phi) is 3.92. The lowest BCUT2D eigenvalue weighted by Crippen LogP contribution is -2.23. The standard InChI is InChI=1S/C16H18N6O/c1-17-16(23)12-8-9-14(20-19-12)21(2)10-15-18-11-6-4-5-7-13(11)22(15)3/h4-9H,10H2,1-3H3,(H,17,23). The number of hydrogen-bond donors (Lipinski definition) is 1. The van der Waals surface area contributed by atoms with E-state index in [1.165, 1.54) is 0 Å². The number of amides is 1. The number of carbonyl (C=O) groups excluding carboxylic acids is 1. The first kappa shape index (κ1) is 15.0. The van der Waals surface area contributed by atoms with Gasteiger partial charge in [-0.05, 0) is 24.3 Å². The number of aromatic nitrogens is 4. The molecule has 0 spiro atoms.